The Kier molecular flexibility index (Phi) is 6.49. The fourth-order valence-electron chi connectivity index (χ4n) is 3.61. The molecule has 0 unspecified atom stereocenters. The molecule has 1 fully saturated rings. The van der Waals surface area contributed by atoms with E-state index in [1.807, 2.05) is 49.4 Å². The number of nitrogens with one attached hydrogen (secondary N) is 1. The first kappa shape index (κ1) is 23.7. The van der Waals surface area contributed by atoms with Gasteiger partial charge < -0.3 is 0 Å². The number of nitrogens with zero attached hydrogens (tertiary/aromatic N) is 3. The lowest BCUT2D eigenvalue weighted by Gasteiger charge is -2.15. The lowest BCUT2D eigenvalue weighted by atomic mass is 10.1. The minimum absolute atomic E-state index is 0.213. The van der Waals surface area contributed by atoms with Crippen LogP contribution in [0.1, 0.15) is 21.5 Å². The summed E-state index contributed by atoms with van der Waals surface area (Å²) in [4.78, 5) is 26.2. The molecule has 1 N–H and O–H groups in total. The number of thiocarbonyl (C=S) groups is 1. The maximum atomic E-state index is 13.5. The zero-order valence-electron chi connectivity index (χ0n) is 19.0. The number of halogens is 1. The Morgan fingerprint density at radius 3 is 2.42 bits per heavy atom. The number of hydrogen-bond acceptors (Lipinski definition) is 5. The monoisotopic (exact) mass is 514 g/mol. The van der Waals surface area contributed by atoms with Gasteiger partial charge in [-0.05, 0) is 73.7 Å². The number of para-hydroxylation sites is 1. The molecule has 178 valence electrons. The van der Waals surface area contributed by atoms with Crippen LogP contribution in [0.5, 0.6) is 0 Å². The third-order valence-electron chi connectivity index (χ3n) is 5.49. The topological polar surface area (TPSA) is 67.2 Å². The molecule has 2 amide bonds. The first-order valence-electron chi connectivity index (χ1n) is 11.0. The normalized spacial score (nSPS) is 14.5. The summed E-state index contributed by atoms with van der Waals surface area (Å²) in [5, 5.41) is 5.77. The van der Waals surface area contributed by atoms with Crippen molar-refractivity contribution in [2.45, 2.75) is 6.92 Å². The number of rotatable bonds is 5. The second-order valence-electron chi connectivity index (χ2n) is 8.04. The standard InChI is InChI=1S/C27H19FN4O2S2/c1-17-7-9-19(10-8-17)25(33)30-32-26(34)23(36-27(32)35)15-20-16-31(22-5-3-2-4-6-22)29-24(20)18-11-13-21(28)14-12-18/h2-16H,1H3,(H,30,33)/b23-15-. The molecular formula is C27H19FN4O2S2. The van der Waals surface area contributed by atoms with Gasteiger partial charge >= 0.3 is 0 Å². The van der Waals surface area contributed by atoms with Crippen LogP contribution < -0.4 is 5.43 Å². The van der Waals surface area contributed by atoms with Gasteiger partial charge in [-0.1, -0.05) is 47.7 Å². The van der Waals surface area contributed by atoms with Crippen molar-refractivity contribution in [3.63, 3.8) is 0 Å². The Labute approximate surface area is 216 Å². The summed E-state index contributed by atoms with van der Waals surface area (Å²) in [6.45, 7) is 1.93. The van der Waals surface area contributed by atoms with E-state index in [-0.39, 0.29) is 10.1 Å². The van der Waals surface area contributed by atoms with Crippen LogP contribution in [0.3, 0.4) is 0 Å². The maximum Gasteiger partial charge on any atom is 0.285 e. The van der Waals surface area contributed by atoms with Crippen molar-refractivity contribution in [3.8, 4) is 16.9 Å². The molecule has 1 aliphatic rings. The molecule has 5 rings (SSSR count). The maximum absolute atomic E-state index is 13.5. The predicted octanol–water partition coefficient (Wildman–Crippen LogP) is 5.53. The highest BCUT2D eigenvalue weighted by Crippen LogP contribution is 2.34. The number of carbonyl (C=O) groups excluding carboxylic acids is 2. The summed E-state index contributed by atoms with van der Waals surface area (Å²) >= 11 is 6.46. The third-order valence-corrected chi connectivity index (χ3v) is 6.79. The number of aryl methyl sites for hydroxylation is 1. The summed E-state index contributed by atoms with van der Waals surface area (Å²) in [7, 11) is 0. The highest BCUT2D eigenvalue weighted by Gasteiger charge is 2.34. The number of carbonyl (C=O) groups is 2. The summed E-state index contributed by atoms with van der Waals surface area (Å²) in [6, 6.07) is 22.5. The average molecular weight is 515 g/mol. The van der Waals surface area contributed by atoms with E-state index in [4.69, 9.17) is 17.3 Å². The number of hydrogen-bond donors (Lipinski definition) is 1. The van der Waals surface area contributed by atoms with Crippen LogP contribution in [0.2, 0.25) is 0 Å². The van der Waals surface area contributed by atoms with Crippen LogP contribution in [0.25, 0.3) is 23.0 Å². The van der Waals surface area contributed by atoms with Gasteiger partial charge in [-0.2, -0.15) is 10.1 Å². The van der Waals surface area contributed by atoms with Crippen molar-refractivity contribution in [1.82, 2.24) is 20.2 Å². The number of benzene rings is 3. The van der Waals surface area contributed by atoms with E-state index < -0.39 is 11.8 Å². The van der Waals surface area contributed by atoms with E-state index in [9.17, 15) is 14.0 Å². The minimum Gasteiger partial charge on any atom is -0.267 e. The summed E-state index contributed by atoms with van der Waals surface area (Å²) in [6.07, 6.45) is 3.48. The molecular weight excluding hydrogens is 495 g/mol. The van der Waals surface area contributed by atoms with E-state index >= 15 is 0 Å². The second-order valence-corrected chi connectivity index (χ2v) is 9.72. The van der Waals surface area contributed by atoms with Crippen molar-refractivity contribution in [2.24, 2.45) is 0 Å². The average Bonchev–Trinajstić information content (AvgIpc) is 3.42. The lowest BCUT2D eigenvalue weighted by Crippen LogP contribution is -2.44. The molecule has 2 heterocycles. The summed E-state index contributed by atoms with van der Waals surface area (Å²) < 4.78 is 15.5. The smallest absolute Gasteiger partial charge is 0.267 e. The van der Waals surface area contributed by atoms with E-state index in [0.29, 0.717) is 27.3 Å². The molecule has 0 bridgehead atoms. The fraction of sp³-hybridized carbons (Fsp3) is 0.0370. The first-order chi connectivity index (χ1) is 17.4. The van der Waals surface area contributed by atoms with E-state index in [2.05, 4.69) is 5.43 Å². The van der Waals surface area contributed by atoms with Gasteiger partial charge in [0.15, 0.2) is 4.32 Å². The van der Waals surface area contributed by atoms with Crippen molar-refractivity contribution >= 4 is 46.2 Å². The van der Waals surface area contributed by atoms with Crippen molar-refractivity contribution in [1.29, 1.82) is 0 Å². The van der Waals surface area contributed by atoms with Crippen LogP contribution in [-0.2, 0) is 4.79 Å². The second kappa shape index (κ2) is 9.88. The highest BCUT2D eigenvalue weighted by atomic mass is 32.2. The SMILES string of the molecule is Cc1ccc(C(=O)NN2C(=O)/C(=C/c3cn(-c4ccccc4)nc3-c3ccc(F)cc3)SC2=S)cc1. The van der Waals surface area contributed by atoms with E-state index in [0.717, 1.165) is 28.0 Å². The molecule has 9 heteroatoms. The van der Waals surface area contributed by atoms with Crippen molar-refractivity contribution < 1.29 is 14.0 Å². The molecule has 6 nitrogen and oxygen atoms in total. The highest BCUT2D eigenvalue weighted by molar-refractivity contribution is 8.26. The fourth-order valence-corrected chi connectivity index (χ4v) is 4.78. The van der Waals surface area contributed by atoms with Crippen LogP contribution in [0.4, 0.5) is 4.39 Å². The first-order valence-corrected chi connectivity index (χ1v) is 12.2. The minimum atomic E-state index is -0.442. The Morgan fingerprint density at radius 2 is 1.72 bits per heavy atom. The molecule has 0 saturated carbocycles. The van der Waals surface area contributed by atoms with E-state index in [1.54, 1.807) is 41.2 Å². The summed E-state index contributed by atoms with van der Waals surface area (Å²) in [5.41, 5.74) is 6.78. The summed E-state index contributed by atoms with van der Waals surface area (Å²) in [5.74, 6) is -1.23. The molecule has 3 aromatic carbocycles. The Balaban J connectivity index is 1.47. The van der Waals surface area contributed by atoms with Gasteiger partial charge in [0.05, 0.1) is 16.3 Å². The molecule has 0 radical (unpaired) electrons. The number of amides is 2. The van der Waals surface area contributed by atoms with Gasteiger partial charge in [-0.15, -0.1) is 0 Å². The Bertz CT molecular complexity index is 1500. The molecule has 4 aromatic rings. The number of thioether (sulfide) groups is 1. The predicted molar refractivity (Wildman–Crippen MR) is 143 cm³/mol. The van der Waals surface area contributed by atoms with Gasteiger partial charge in [0.25, 0.3) is 11.8 Å². The number of hydrazine groups is 1. The van der Waals surface area contributed by atoms with Gasteiger partial charge in [0, 0.05) is 22.9 Å². The zero-order valence-corrected chi connectivity index (χ0v) is 20.6. The zero-order chi connectivity index (χ0) is 25.2. The molecule has 0 spiro atoms. The molecule has 1 saturated heterocycles. The molecule has 36 heavy (non-hydrogen) atoms. The van der Waals surface area contributed by atoms with Gasteiger partial charge in [0.1, 0.15) is 5.82 Å². The molecule has 1 aliphatic heterocycles. The lowest BCUT2D eigenvalue weighted by molar-refractivity contribution is -0.123. The van der Waals surface area contributed by atoms with Crippen LogP contribution in [0.15, 0.2) is 90.0 Å². The van der Waals surface area contributed by atoms with Crippen LogP contribution in [0, 0.1) is 12.7 Å². The van der Waals surface area contributed by atoms with Crippen molar-refractivity contribution in [2.75, 3.05) is 0 Å². The molecule has 0 aliphatic carbocycles. The van der Waals surface area contributed by atoms with Crippen LogP contribution in [-0.4, -0.2) is 30.9 Å². The third kappa shape index (κ3) is 4.84. The quantitative estimate of drug-likeness (QED) is 0.280. The van der Waals surface area contributed by atoms with E-state index in [1.165, 1.54) is 12.1 Å². The Hall–Kier alpha value is -4.08. The number of aromatic nitrogens is 2. The van der Waals surface area contributed by atoms with Crippen molar-refractivity contribution in [3.05, 3.63) is 112 Å². The molecule has 0 atom stereocenters. The van der Waals surface area contributed by atoms with Gasteiger partial charge in [-0.3, -0.25) is 15.0 Å². The largest absolute Gasteiger partial charge is 0.285 e. The molecule has 1 aromatic heterocycles. The van der Waals surface area contributed by atoms with Gasteiger partial charge in [-0.25, -0.2) is 9.07 Å². The van der Waals surface area contributed by atoms with Gasteiger partial charge in [0.2, 0.25) is 0 Å². The Morgan fingerprint density at radius 1 is 1.03 bits per heavy atom. The van der Waals surface area contributed by atoms with Crippen LogP contribution >= 0.6 is 24.0 Å².